The molecule has 0 fully saturated rings. The predicted octanol–water partition coefficient (Wildman–Crippen LogP) is 13.4. The van der Waals surface area contributed by atoms with E-state index in [-0.39, 0.29) is 12.0 Å². The third-order valence-corrected chi connectivity index (χ3v) is 11.4. The highest BCUT2D eigenvalue weighted by Crippen LogP contribution is 2.54. The van der Waals surface area contributed by atoms with Gasteiger partial charge in [0.2, 0.25) is 0 Å². The van der Waals surface area contributed by atoms with Crippen LogP contribution in [0, 0.1) is 0 Å². The maximum Gasteiger partial charge on any atom is 0.132 e. The molecule has 0 saturated heterocycles. The van der Waals surface area contributed by atoms with E-state index >= 15 is 0 Å². The van der Waals surface area contributed by atoms with Crippen molar-refractivity contribution in [3.8, 4) is 16.9 Å². The Hall–Kier alpha value is -6.18. The van der Waals surface area contributed by atoms with Gasteiger partial charge in [-0.2, -0.15) is 0 Å². The molecule has 0 spiro atoms. The maximum absolute atomic E-state index is 6.80. The average Bonchev–Trinajstić information content (AvgIpc) is 3.60. The normalized spacial score (nSPS) is 17.9. The molecule has 2 atom stereocenters. The Balaban J connectivity index is 1.19. The molecule has 1 nitrogen and oxygen atoms in total. The minimum Gasteiger partial charge on any atom is -0.484 e. The van der Waals surface area contributed by atoms with Crippen molar-refractivity contribution in [3.63, 3.8) is 0 Å². The highest BCUT2D eigenvalue weighted by Gasteiger charge is 2.39. The minimum atomic E-state index is -0.0456. The molecule has 0 amide bonds. The quantitative estimate of drug-likeness (QED) is 0.137. The van der Waals surface area contributed by atoms with Crippen molar-refractivity contribution in [2.45, 2.75) is 24.9 Å². The highest BCUT2D eigenvalue weighted by molar-refractivity contribution is 6.24. The summed E-state index contributed by atoms with van der Waals surface area (Å²) in [6.45, 7) is 0. The van der Waals surface area contributed by atoms with Gasteiger partial charge in [-0.15, -0.1) is 0 Å². The Morgan fingerprint density at radius 2 is 1.22 bits per heavy atom. The van der Waals surface area contributed by atoms with Crippen molar-refractivity contribution in [1.29, 1.82) is 0 Å². The number of rotatable bonds is 3. The summed E-state index contributed by atoms with van der Waals surface area (Å²) in [7, 11) is 0. The molecule has 0 bridgehead atoms. The summed E-state index contributed by atoms with van der Waals surface area (Å²) in [6.07, 6.45) is 15.9. The number of ether oxygens (including phenoxy) is 1. The predicted molar refractivity (Wildman–Crippen MR) is 216 cm³/mol. The smallest absolute Gasteiger partial charge is 0.132 e. The van der Waals surface area contributed by atoms with Gasteiger partial charge in [-0.05, 0) is 113 Å². The van der Waals surface area contributed by atoms with Gasteiger partial charge >= 0.3 is 0 Å². The second-order valence-electron chi connectivity index (χ2n) is 14.2. The largest absolute Gasteiger partial charge is 0.484 e. The van der Waals surface area contributed by atoms with Crippen LogP contribution in [-0.4, -0.2) is 6.10 Å². The van der Waals surface area contributed by atoms with Gasteiger partial charge in [0.1, 0.15) is 11.9 Å². The summed E-state index contributed by atoms with van der Waals surface area (Å²) >= 11 is 0. The van der Waals surface area contributed by atoms with Crippen molar-refractivity contribution in [1.82, 2.24) is 0 Å². The van der Waals surface area contributed by atoms with Gasteiger partial charge in [0.05, 0.1) is 5.92 Å². The first-order chi connectivity index (χ1) is 25.3. The number of benzene rings is 8. The SMILES string of the molecule is C1=CC2Oc3c(ccc4ccccc34)C2C(c2c3ccccc3c(-c3cc4ccccc4c4cc(C5=CCCC=C5)ccc34)c3ccccc23)=C1. The fourth-order valence-corrected chi connectivity index (χ4v) is 9.17. The fraction of sp³-hybridized carbons (Fsp3) is 0.0800. The molecule has 0 radical (unpaired) electrons. The van der Waals surface area contributed by atoms with E-state index in [0.717, 1.165) is 18.6 Å². The van der Waals surface area contributed by atoms with Crippen molar-refractivity contribution in [3.05, 3.63) is 187 Å². The molecule has 0 N–H and O–H groups in total. The van der Waals surface area contributed by atoms with E-state index in [0.29, 0.717) is 0 Å². The van der Waals surface area contributed by atoms with Crippen molar-refractivity contribution in [2.24, 2.45) is 0 Å². The molecule has 8 aromatic rings. The molecule has 1 aliphatic heterocycles. The number of hydrogen-bond donors (Lipinski definition) is 0. The van der Waals surface area contributed by atoms with Gasteiger partial charge < -0.3 is 4.74 Å². The number of fused-ring (bicyclic) bond motifs is 10. The number of allylic oxidation sites excluding steroid dienone is 6. The summed E-state index contributed by atoms with van der Waals surface area (Å²) in [6, 6.07) is 49.7. The Morgan fingerprint density at radius 1 is 0.529 bits per heavy atom. The van der Waals surface area contributed by atoms with Crippen LogP contribution in [0.5, 0.6) is 5.75 Å². The molecular formula is C50H34O. The Bertz CT molecular complexity index is 2840. The van der Waals surface area contributed by atoms with Crippen LogP contribution in [0.4, 0.5) is 0 Å². The second kappa shape index (κ2) is 11.2. The van der Waals surface area contributed by atoms with Crippen molar-refractivity contribution < 1.29 is 4.74 Å². The lowest BCUT2D eigenvalue weighted by Crippen LogP contribution is -2.19. The second-order valence-corrected chi connectivity index (χ2v) is 14.2. The van der Waals surface area contributed by atoms with Crippen LogP contribution in [0.25, 0.3) is 76.1 Å². The van der Waals surface area contributed by atoms with Gasteiger partial charge in [0.15, 0.2) is 0 Å². The average molecular weight is 651 g/mol. The first-order valence-corrected chi connectivity index (χ1v) is 18.2. The molecule has 0 saturated carbocycles. The van der Waals surface area contributed by atoms with E-state index in [4.69, 9.17) is 4.74 Å². The van der Waals surface area contributed by atoms with Crippen LogP contribution in [0.2, 0.25) is 0 Å². The van der Waals surface area contributed by atoms with E-state index < -0.39 is 0 Å². The monoisotopic (exact) mass is 650 g/mol. The molecule has 240 valence electrons. The lowest BCUT2D eigenvalue weighted by atomic mass is 9.76. The lowest BCUT2D eigenvalue weighted by molar-refractivity contribution is 0.274. The Labute approximate surface area is 297 Å². The third kappa shape index (κ3) is 4.28. The van der Waals surface area contributed by atoms with Crippen molar-refractivity contribution in [2.75, 3.05) is 0 Å². The Kier molecular flexibility index (Phi) is 6.27. The van der Waals surface area contributed by atoms with E-state index in [1.54, 1.807) is 0 Å². The summed E-state index contributed by atoms with van der Waals surface area (Å²) < 4.78 is 6.80. The topological polar surface area (TPSA) is 9.23 Å². The summed E-state index contributed by atoms with van der Waals surface area (Å²) in [5.41, 5.74) is 9.06. The molecule has 1 heteroatoms. The number of hydrogen-bond acceptors (Lipinski definition) is 1. The zero-order valence-corrected chi connectivity index (χ0v) is 28.1. The van der Waals surface area contributed by atoms with E-state index in [2.05, 4.69) is 170 Å². The van der Waals surface area contributed by atoms with E-state index in [1.807, 2.05) is 0 Å². The van der Waals surface area contributed by atoms with Crippen LogP contribution >= 0.6 is 0 Å². The highest BCUT2D eigenvalue weighted by atomic mass is 16.5. The summed E-state index contributed by atoms with van der Waals surface area (Å²) in [4.78, 5) is 0. The van der Waals surface area contributed by atoms with Crippen molar-refractivity contribution >= 4 is 65.0 Å². The van der Waals surface area contributed by atoms with Gasteiger partial charge in [-0.3, -0.25) is 0 Å². The first-order valence-electron chi connectivity index (χ1n) is 18.2. The third-order valence-electron chi connectivity index (χ3n) is 11.4. The molecule has 2 aliphatic carbocycles. The molecule has 51 heavy (non-hydrogen) atoms. The van der Waals surface area contributed by atoms with E-state index in [9.17, 15) is 0 Å². The molecule has 11 rings (SSSR count). The van der Waals surface area contributed by atoms with Gasteiger partial charge in [0, 0.05) is 10.9 Å². The van der Waals surface area contributed by atoms with E-state index in [1.165, 1.54) is 92.8 Å². The van der Waals surface area contributed by atoms with Crippen LogP contribution in [0.3, 0.4) is 0 Å². The zero-order chi connectivity index (χ0) is 33.5. The van der Waals surface area contributed by atoms with Gasteiger partial charge in [-0.1, -0.05) is 152 Å². The standard InChI is InChI=1S/C50H34O/c1-2-13-31(14-3-1)33-26-27-37-44(29-33)35-17-6-5-16-34(35)30-45(37)48-40-21-10-8-19-38(40)47(39-20-9-11-22-41(39)48)42-23-12-24-46-49(42)43-28-25-32-15-4-7-18-36(32)50(43)51-46/h2,4-30,46,49H,1,3H2. The van der Waals surface area contributed by atoms with Crippen LogP contribution in [0.1, 0.15) is 35.4 Å². The maximum atomic E-state index is 6.80. The molecule has 2 unspecified atom stereocenters. The first kappa shape index (κ1) is 28.6. The lowest BCUT2D eigenvalue weighted by Gasteiger charge is -2.26. The van der Waals surface area contributed by atoms with Crippen LogP contribution in [-0.2, 0) is 0 Å². The van der Waals surface area contributed by atoms with Crippen LogP contribution < -0.4 is 4.74 Å². The zero-order valence-electron chi connectivity index (χ0n) is 28.1. The Morgan fingerprint density at radius 3 is 1.96 bits per heavy atom. The molecule has 3 aliphatic rings. The van der Waals surface area contributed by atoms with Gasteiger partial charge in [-0.25, -0.2) is 0 Å². The molecule has 8 aromatic carbocycles. The summed E-state index contributed by atoms with van der Waals surface area (Å²) in [5.74, 6) is 1.13. The molecule has 1 heterocycles. The molecule has 0 aromatic heterocycles. The van der Waals surface area contributed by atoms with Crippen LogP contribution in [0.15, 0.2) is 170 Å². The van der Waals surface area contributed by atoms with Gasteiger partial charge in [0.25, 0.3) is 0 Å². The summed E-state index contributed by atoms with van der Waals surface area (Å²) in [5, 5.41) is 12.6. The minimum absolute atomic E-state index is 0.0456. The molecular weight excluding hydrogens is 617 g/mol. The fourth-order valence-electron chi connectivity index (χ4n) is 9.17.